The number of carbonyl (C=O) groups excluding carboxylic acids is 1. The first-order valence-electron chi connectivity index (χ1n) is 11.4. The first-order chi connectivity index (χ1) is 16.8. The Bertz CT molecular complexity index is 1300. The lowest BCUT2D eigenvalue weighted by atomic mass is 9.96. The molecule has 0 saturated heterocycles. The Labute approximate surface area is 206 Å². The first kappa shape index (κ1) is 26.5. The summed E-state index contributed by atoms with van der Waals surface area (Å²) in [5.41, 5.74) is 4.06. The lowest BCUT2D eigenvalue weighted by Gasteiger charge is -2.15. The second-order valence-corrected chi connectivity index (χ2v) is 9.03. The summed E-state index contributed by atoms with van der Waals surface area (Å²) in [4.78, 5) is 21.0. The number of hydrogen-bond acceptors (Lipinski definition) is 3. The van der Waals surface area contributed by atoms with Gasteiger partial charge in [-0.3, -0.25) is 4.79 Å². The summed E-state index contributed by atoms with van der Waals surface area (Å²) < 4.78 is 28.9. The number of nitrogens with zero attached hydrogens (tertiary/aromatic N) is 1. The maximum atomic E-state index is 13.6. The number of Topliss-reactive ketones (excluding diaryl/α,β-unsaturated/α-hetero) is 1. The van der Waals surface area contributed by atoms with Crippen molar-refractivity contribution in [1.29, 1.82) is 0 Å². The van der Waals surface area contributed by atoms with Crippen LogP contribution in [0.4, 0.5) is 8.78 Å². The molecule has 4 nitrogen and oxygen atoms in total. The number of aromatic hydroxyl groups is 1. The second kappa shape index (κ2) is 12.1. The van der Waals surface area contributed by atoms with Crippen molar-refractivity contribution in [3.8, 4) is 5.75 Å². The van der Waals surface area contributed by atoms with Gasteiger partial charge >= 0.3 is 0 Å². The molecule has 0 radical (unpaired) electrons. The van der Waals surface area contributed by atoms with Crippen molar-refractivity contribution in [1.82, 2.24) is 4.57 Å². The van der Waals surface area contributed by atoms with Crippen molar-refractivity contribution in [2.24, 2.45) is 0 Å². The summed E-state index contributed by atoms with van der Waals surface area (Å²) in [6, 6.07) is 18.8. The summed E-state index contributed by atoms with van der Waals surface area (Å²) in [5, 5.41) is 10.8. The van der Waals surface area contributed by atoms with Gasteiger partial charge in [-0.2, -0.15) is 0 Å². The zero-order valence-electron chi connectivity index (χ0n) is 20.1. The summed E-state index contributed by atoms with van der Waals surface area (Å²) in [6.07, 6.45) is 0.461. The SMILES string of the molecule is CC(C)c1c(C(=O)CCc2ccc(F)c(F)c2)c2cc(O)ccc2n1Cc1ccccc1.CPO. The summed E-state index contributed by atoms with van der Waals surface area (Å²) in [5.74, 6) is -1.74. The van der Waals surface area contributed by atoms with Crippen LogP contribution in [0.3, 0.4) is 0 Å². The van der Waals surface area contributed by atoms with Gasteiger partial charge in [0.05, 0.1) is 0 Å². The van der Waals surface area contributed by atoms with Crippen LogP contribution in [-0.2, 0) is 13.0 Å². The molecule has 1 unspecified atom stereocenters. The average Bonchev–Trinajstić information content (AvgIpc) is 3.14. The van der Waals surface area contributed by atoms with E-state index in [2.05, 4.69) is 4.57 Å². The smallest absolute Gasteiger partial charge is 0.165 e. The molecule has 0 aliphatic rings. The topological polar surface area (TPSA) is 62.5 Å². The molecular formula is C28H30F2NO3P. The summed E-state index contributed by atoms with van der Waals surface area (Å²) >= 11 is 0. The van der Waals surface area contributed by atoms with Crippen LogP contribution in [0, 0.1) is 11.6 Å². The van der Waals surface area contributed by atoms with E-state index in [1.165, 1.54) is 6.07 Å². The van der Waals surface area contributed by atoms with E-state index in [-0.39, 0.29) is 32.7 Å². The molecule has 0 spiro atoms. The number of phenols is 1. The third-order valence-electron chi connectivity index (χ3n) is 5.72. The van der Waals surface area contributed by atoms with Crippen LogP contribution in [0.1, 0.15) is 53.4 Å². The number of phenolic OH excluding ortho intramolecular Hbond substituents is 1. The molecule has 184 valence electrons. The van der Waals surface area contributed by atoms with Crippen LogP contribution in [0.15, 0.2) is 66.7 Å². The molecule has 2 N–H and O–H groups in total. The molecule has 1 aromatic heterocycles. The molecule has 0 aliphatic carbocycles. The van der Waals surface area contributed by atoms with E-state index in [1.807, 2.05) is 50.2 Å². The number of hydrogen-bond donors (Lipinski definition) is 2. The maximum Gasteiger partial charge on any atom is 0.165 e. The predicted molar refractivity (Wildman–Crippen MR) is 139 cm³/mol. The van der Waals surface area contributed by atoms with Gasteiger partial charge in [0.25, 0.3) is 0 Å². The van der Waals surface area contributed by atoms with Gasteiger partial charge in [0, 0.05) is 43.9 Å². The first-order valence-corrected chi connectivity index (χ1v) is 12.9. The number of fused-ring (bicyclic) bond motifs is 1. The maximum absolute atomic E-state index is 13.6. The highest BCUT2D eigenvalue weighted by Gasteiger charge is 2.24. The molecule has 0 aliphatic heterocycles. The van der Waals surface area contributed by atoms with Crippen LogP contribution in [-0.4, -0.2) is 27.0 Å². The van der Waals surface area contributed by atoms with E-state index in [0.717, 1.165) is 28.9 Å². The van der Waals surface area contributed by atoms with Gasteiger partial charge in [-0.1, -0.05) is 50.2 Å². The third kappa shape index (κ3) is 6.33. The van der Waals surface area contributed by atoms with Gasteiger partial charge in [-0.15, -0.1) is 0 Å². The molecule has 0 amide bonds. The van der Waals surface area contributed by atoms with E-state index in [0.29, 0.717) is 29.5 Å². The zero-order valence-corrected chi connectivity index (χ0v) is 21.1. The van der Waals surface area contributed by atoms with Crippen molar-refractivity contribution in [3.05, 3.63) is 101 Å². The number of aryl methyl sites for hydroxylation is 1. The predicted octanol–water partition coefficient (Wildman–Crippen LogP) is 6.81. The largest absolute Gasteiger partial charge is 0.508 e. The quantitative estimate of drug-likeness (QED) is 0.218. The van der Waals surface area contributed by atoms with Gasteiger partial charge < -0.3 is 14.6 Å². The highest BCUT2D eigenvalue weighted by molar-refractivity contribution is 7.29. The van der Waals surface area contributed by atoms with Crippen molar-refractivity contribution in [2.45, 2.75) is 39.2 Å². The molecule has 1 heterocycles. The van der Waals surface area contributed by atoms with Crippen LogP contribution in [0.5, 0.6) is 5.75 Å². The van der Waals surface area contributed by atoms with Crippen molar-refractivity contribution in [3.63, 3.8) is 0 Å². The van der Waals surface area contributed by atoms with Crippen LogP contribution < -0.4 is 0 Å². The minimum atomic E-state index is -0.915. The number of carbonyl (C=O) groups is 1. The third-order valence-corrected chi connectivity index (χ3v) is 5.72. The molecule has 4 rings (SSSR count). The van der Waals surface area contributed by atoms with E-state index >= 15 is 0 Å². The molecule has 1 atom stereocenters. The fourth-order valence-electron chi connectivity index (χ4n) is 4.27. The molecule has 7 heteroatoms. The second-order valence-electron chi connectivity index (χ2n) is 8.58. The average molecular weight is 498 g/mol. The van der Waals surface area contributed by atoms with Crippen molar-refractivity contribution >= 4 is 25.5 Å². The number of halogens is 2. The van der Waals surface area contributed by atoms with E-state index < -0.39 is 11.6 Å². The standard InChI is InChI=1S/C27H25F2NO2.CH5OP/c1-17(2)27-26(25(32)13-9-18-8-11-22(28)23(29)14-18)21-15-20(31)10-12-24(21)30(27)16-19-6-4-3-5-7-19;1-3-2/h3-8,10-12,14-15,17,31H,9,13,16H2,1-2H3;2-3H,1H3. The highest BCUT2D eigenvalue weighted by atomic mass is 31.1. The van der Waals surface area contributed by atoms with Crippen LogP contribution in [0.25, 0.3) is 10.9 Å². The fraction of sp³-hybridized carbons (Fsp3) is 0.250. The Balaban J connectivity index is 0.00000108. The lowest BCUT2D eigenvalue weighted by Crippen LogP contribution is -2.11. The van der Waals surface area contributed by atoms with Gasteiger partial charge in [-0.25, -0.2) is 8.78 Å². The fourth-order valence-corrected chi connectivity index (χ4v) is 4.27. The number of aromatic nitrogens is 1. The Kier molecular flexibility index (Phi) is 9.13. The Morgan fingerprint density at radius 2 is 1.66 bits per heavy atom. The van der Waals surface area contributed by atoms with E-state index in [9.17, 15) is 18.7 Å². The number of rotatable bonds is 7. The number of benzene rings is 3. The highest BCUT2D eigenvalue weighted by Crippen LogP contribution is 2.35. The van der Waals surface area contributed by atoms with E-state index in [1.54, 1.807) is 18.8 Å². The van der Waals surface area contributed by atoms with Crippen molar-refractivity contribution in [2.75, 3.05) is 6.66 Å². The lowest BCUT2D eigenvalue weighted by molar-refractivity contribution is 0.0983. The molecule has 35 heavy (non-hydrogen) atoms. The van der Waals surface area contributed by atoms with Crippen LogP contribution in [0.2, 0.25) is 0 Å². The van der Waals surface area contributed by atoms with Gasteiger partial charge in [0.15, 0.2) is 17.4 Å². The zero-order chi connectivity index (χ0) is 25.5. The van der Waals surface area contributed by atoms with E-state index in [4.69, 9.17) is 4.89 Å². The molecular weight excluding hydrogens is 467 g/mol. The molecule has 0 saturated carbocycles. The van der Waals surface area contributed by atoms with Crippen molar-refractivity contribution < 1.29 is 23.6 Å². The monoisotopic (exact) mass is 497 g/mol. The van der Waals surface area contributed by atoms with Gasteiger partial charge in [0.1, 0.15) is 5.75 Å². The normalized spacial score (nSPS) is 11.3. The summed E-state index contributed by atoms with van der Waals surface area (Å²) in [7, 11) is 0.0833. The van der Waals surface area contributed by atoms with Gasteiger partial charge in [0.2, 0.25) is 0 Å². The Morgan fingerprint density at radius 3 is 2.29 bits per heavy atom. The van der Waals surface area contributed by atoms with Gasteiger partial charge in [-0.05, 0) is 60.5 Å². The number of ketones is 1. The molecule has 4 aromatic rings. The van der Waals surface area contributed by atoms with Crippen LogP contribution >= 0.6 is 8.81 Å². The molecule has 3 aromatic carbocycles. The minimum Gasteiger partial charge on any atom is -0.508 e. The summed E-state index contributed by atoms with van der Waals surface area (Å²) in [6.45, 7) is 6.40. The molecule has 0 bridgehead atoms. The Hall–Kier alpha value is -3.08. The minimum absolute atomic E-state index is 0.0653. The Morgan fingerprint density at radius 1 is 0.971 bits per heavy atom. The molecule has 0 fully saturated rings.